The molecule has 0 aliphatic heterocycles. The summed E-state index contributed by atoms with van der Waals surface area (Å²) in [5.41, 5.74) is 6.03. The average molecular weight is 295 g/mol. The van der Waals surface area contributed by atoms with Crippen molar-refractivity contribution >= 4 is 29.2 Å². The molecule has 20 heavy (non-hydrogen) atoms. The number of hydrogen-bond acceptors (Lipinski definition) is 3. The van der Waals surface area contributed by atoms with E-state index in [1.165, 1.54) is 0 Å². The summed E-state index contributed by atoms with van der Waals surface area (Å²) in [6.45, 7) is 0.495. The van der Waals surface area contributed by atoms with Crippen LogP contribution >= 0.6 is 12.2 Å². The molecule has 0 bridgehead atoms. The third-order valence-electron chi connectivity index (χ3n) is 2.58. The van der Waals surface area contributed by atoms with Crippen LogP contribution in [0.5, 0.6) is 0 Å². The minimum absolute atomic E-state index is 0.00867. The molecular formula is C13H17N3O3S. The molecule has 0 aliphatic carbocycles. The summed E-state index contributed by atoms with van der Waals surface area (Å²) >= 11 is 5.03. The zero-order chi connectivity index (χ0) is 15.0. The molecule has 0 aromatic heterocycles. The van der Waals surface area contributed by atoms with E-state index in [0.717, 1.165) is 5.56 Å². The Hall–Kier alpha value is -2.15. The summed E-state index contributed by atoms with van der Waals surface area (Å²) in [6, 6.07) is 8.64. The Bertz CT molecular complexity index is 479. The van der Waals surface area contributed by atoms with E-state index < -0.39 is 17.9 Å². The van der Waals surface area contributed by atoms with Gasteiger partial charge in [0.15, 0.2) is 5.11 Å². The Morgan fingerprint density at radius 2 is 1.95 bits per heavy atom. The predicted octanol–water partition coefficient (Wildman–Crippen LogP) is 0.369. The number of nitrogens with two attached hydrogens (primary N) is 1. The molecule has 0 radical (unpaired) electrons. The Morgan fingerprint density at radius 1 is 1.30 bits per heavy atom. The first-order valence-electron chi connectivity index (χ1n) is 6.08. The van der Waals surface area contributed by atoms with Crippen molar-refractivity contribution in [3.05, 3.63) is 35.9 Å². The summed E-state index contributed by atoms with van der Waals surface area (Å²) in [5.74, 6) is -1.61. The van der Waals surface area contributed by atoms with Gasteiger partial charge in [0.2, 0.25) is 5.91 Å². The van der Waals surface area contributed by atoms with Gasteiger partial charge in [-0.3, -0.25) is 4.79 Å². The van der Waals surface area contributed by atoms with E-state index >= 15 is 0 Å². The quantitative estimate of drug-likeness (QED) is 0.542. The zero-order valence-corrected chi connectivity index (χ0v) is 11.7. The first kappa shape index (κ1) is 15.9. The molecule has 0 fully saturated rings. The van der Waals surface area contributed by atoms with Crippen LogP contribution in [-0.2, 0) is 16.1 Å². The Labute approximate surface area is 122 Å². The number of rotatable bonds is 7. The molecule has 0 saturated heterocycles. The normalized spacial score (nSPS) is 11.4. The standard InChI is InChI=1S/C13H17N3O3S/c14-11(17)7-6-10(12(18)19)16-13(20)15-8-9-4-2-1-3-5-9/h1-5,10H,6-8H2,(H2,14,17)(H,18,19)(H2,15,16,20)/t10-/m1/s1. The summed E-state index contributed by atoms with van der Waals surface area (Å²) < 4.78 is 0. The van der Waals surface area contributed by atoms with Crippen molar-refractivity contribution in [2.24, 2.45) is 5.73 Å². The number of carboxylic acid groups (broad SMARTS) is 1. The number of thiocarbonyl (C=S) groups is 1. The van der Waals surface area contributed by atoms with Crippen LogP contribution in [-0.4, -0.2) is 28.1 Å². The van der Waals surface area contributed by atoms with Crippen molar-refractivity contribution < 1.29 is 14.7 Å². The molecule has 0 unspecified atom stereocenters. The second-order valence-corrected chi connectivity index (χ2v) is 4.62. The van der Waals surface area contributed by atoms with Gasteiger partial charge >= 0.3 is 5.97 Å². The number of benzene rings is 1. The highest BCUT2D eigenvalue weighted by Crippen LogP contribution is 1.99. The van der Waals surface area contributed by atoms with E-state index in [-0.39, 0.29) is 18.0 Å². The molecule has 1 aromatic rings. The summed E-state index contributed by atoms with van der Waals surface area (Å²) in [6.07, 6.45) is 0.0864. The average Bonchev–Trinajstić information content (AvgIpc) is 2.41. The number of carbonyl (C=O) groups excluding carboxylic acids is 1. The van der Waals surface area contributed by atoms with E-state index in [1.54, 1.807) is 0 Å². The molecule has 1 rings (SSSR count). The van der Waals surface area contributed by atoms with Gasteiger partial charge in [-0.25, -0.2) is 4.79 Å². The van der Waals surface area contributed by atoms with Crippen molar-refractivity contribution in [2.75, 3.05) is 0 Å². The van der Waals surface area contributed by atoms with Crippen LogP contribution < -0.4 is 16.4 Å². The fraction of sp³-hybridized carbons (Fsp3) is 0.308. The van der Waals surface area contributed by atoms with Crippen LogP contribution in [0.4, 0.5) is 0 Å². The van der Waals surface area contributed by atoms with Crippen LogP contribution in [0, 0.1) is 0 Å². The highest BCUT2D eigenvalue weighted by Gasteiger charge is 2.18. The highest BCUT2D eigenvalue weighted by atomic mass is 32.1. The maximum Gasteiger partial charge on any atom is 0.326 e. The molecule has 6 nitrogen and oxygen atoms in total. The number of hydrogen-bond donors (Lipinski definition) is 4. The molecule has 0 spiro atoms. The fourth-order valence-electron chi connectivity index (χ4n) is 1.53. The van der Waals surface area contributed by atoms with Crippen molar-refractivity contribution in [1.29, 1.82) is 0 Å². The van der Waals surface area contributed by atoms with Gasteiger partial charge in [-0.05, 0) is 24.2 Å². The number of carboxylic acids is 1. The second kappa shape index (κ2) is 8.11. The number of carbonyl (C=O) groups is 2. The zero-order valence-electron chi connectivity index (χ0n) is 10.8. The molecule has 0 saturated carbocycles. The predicted molar refractivity (Wildman–Crippen MR) is 78.9 cm³/mol. The van der Waals surface area contributed by atoms with Gasteiger partial charge in [0, 0.05) is 13.0 Å². The number of nitrogens with one attached hydrogen (secondary N) is 2. The molecule has 1 aromatic carbocycles. The Morgan fingerprint density at radius 3 is 2.50 bits per heavy atom. The maximum absolute atomic E-state index is 11.0. The minimum Gasteiger partial charge on any atom is -0.480 e. The molecule has 5 N–H and O–H groups in total. The maximum atomic E-state index is 11.0. The van der Waals surface area contributed by atoms with Crippen molar-refractivity contribution in [2.45, 2.75) is 25.4 Å². The molecule has 1 atom stereocenters. The number of aliphatic carboxylic acids is 1. The monoisotopic (exact) mass is 295 g/mol. The lowest BCUT2D eigenvalue weighted by atomic mass is 10.1. The minimum atomic E-state index is -1.07. The Kier molecular flexibility index (Phi) is 6.45. The van der Waals surface area contributed by atoms with Crippen molar-refractivity contribution in [3.8, 4) is 0 Å². The fourth-order valence-corrected chi connectivity index (χ4v) is 1.75. The first-order valence-corrected chi connectivity index (χ1v) is 6.49. The van der Waals surface area contributed by atoms with Crippen molar-refractivity contribution in [1.82, 2.24) is 10.6 Å². The molecule has 1 amide bonds. The van der Waals surface area contributed by atoms with E-state index in [1.807, 2.05) is 30.3 Å². The second-order valence-electron chi connectivity index (χ2n) is 4.21. The molecule has 0 aliphatic rings. The molecule has 0 heterocycles. The van der Waals surface area contributed by atoms with E-state index in [4.69, 9.17) is 23.1 Å². The number of amides is 1. The van der Waals surface area contributed by atoms with E-state index in [0.29, 0.717) is 6.54 Å². The van der Waals surface area contributed by atoms with Gasteiger partial charge in [0.25, 0.3) is 0 Å². The molecule has 7 heteroatoms. The van der Waals surface area contributed by atoms with Gasteiger partial charge in [-0.1, -0.05) is 30.3 Å². The van der Waals surface area contributed by atoms with Gasteiger partial charge in [0.1, 0.15) is 6.04 Å². The smallest absolute Gasteiger partial charge is 0.326 e. The third-order valence-corrected chi connectivity index (χ3v) is 2.84. The lowest BCUT2D eigenvalue weighted by Gasteiger charge is -2.16. The van der Waals surface area contributed by atoms with Crippen molar-refractivity contribution in [3.63, 3.8) is 0 Å². The summed E-state index contributed by atoms with van der Waals surface area (Å²) in [5, 5.41) is 14.8. The van der Waals surface area contributed by atoms with Crippen LogP contribution in [0.15, 0.2) is 30.3 Å². The van der Waals surface area contributed by atoms with Gasteiger partial charge < -0.3 is 21.5 Å². The highest BCUT2D eigenvalue weighted by molar-refractivity contribution is 7.80. The van der Waals surface area contributed by atoms with Crippen LogP contribution in [0.25, 0.3) is 0 Å². The largest absolute Gasteiger partial charge is 0.480 e. The first-order chi connectivity index (χ1) is 9.49. The lowest BCUT2D eigenvalue weighted by Crippen LogP contribution is -2.46. The molecular weight excluding hydrogens is 278 g/mol. The van der Waals surface area contributed by atoms with Crippen LogP contribution in [0.2, 0.25) is 0 Å². The van der Waals surface area contributed by atoms with Crippen LogP contribution in [0.1, 0.15) is 18.4 Å². The van der Waals surface area contributed by atoms with Gasteiger partial charge in [-0.15, -0.1) is 0 Å². The summed E-state index contributed by atoms with van der Waals surface area (Å²) in [4.78, 5) is 21.7. The summed E-state index contributed by atoms with van der Waals surface area (Å²) in [7, 11) is 0. The SMILES string of the molecule is NC(=O)CC[C@@H](NC(=S)NCc1ccccc1)C(=O)O. The van der Waals surface area contributed by atoms with E-state index in [9.17, 15) is 9.59 Å². The van der Waals surface area contributed by atoms with E-state index in [2.05, 4.69) is 10.6 Å². The van der Waals surface area contributed by atoms with Crippen LogP contribution in [0.3, 0.4) is 0 Å². The Balaban J connectivity index is 2.41. The molecule has 108 valence electrons. The van der Waals surface area contributed by atoms with Gasteiger partial charge in [-0.2, -0.15) is 0 Å². The topological polar surface area (TPSA) is 104 Å². The number of primary amides is 1. The third kappa shape index (κ3) is 6.14. The van der Waals surface area contributed by atoms with Gasteiger partial charge in [0.05, 0.1) is 0 Å². The lowest BCUT2D eigenvalue weighted by molar-refractivity contribution is -0.139.